The van der Waals surface area contributed by atoms with Gasteiger partial charge in [0.1, 0.15) is 0 Å². The Morgan fingerprint density at radius 1 is 1.26 bits per heavy atom. The lowest BCUT2D eigenvalue weighted by molar-refractivity contribution is -0.109. The molecule has 0 atom stereocenters. The number of aromatic nitrogens is 2. The van der Waals surface area contributed by atoms with Crippen LogP contribution in [-0.4, -0.2) is 39.2 Å². The summed E-state index contributed by atoms with van der Waals surface area (Å²) in [4.78, 5) is 30.3. The van der Waals surface area contributed by atoms with Crippen LogP contribution in [0.25, 0.3) is 17.0 Å². The van der Waals surface area contributed by atoms with E-state index in [9.17, 15) is 9.59 Å². The van der Waals surface area contributed by atoms with Crippen molar-refractivity contribution in [2.24, 2.45) is 0 Å². The van der Waals surface area contributed by atoms with Gasteiger partial charge in [0.15, 0.2) is 5.12 Å². The third-order valence-corrected chi connectivity index (χ3v) is 5.90. The van der Waals surface area contributed by atoms with E-state index in [1.807, 2.05) is 39.8 Å². The normalized spacial score (nSPS) is 18.9. The van der Waals surface area contributed by atoms with Crippen LogP contribution in [0, 0.1) is 0 Å². The topological polar surface area (TPSA) is 81.3 Å². The van der Waals surface area contributed by atoms with Gasteiger partial charge >= 0.3 is 7.12 Å². The van der Waals surface area contributed by atoms with Crippen LogP contribution in [0.5, 0.6) is 0 Å². The largest absolute Gasteiger partial charge is 0.491 e. The van der Waals surface area contributed by atoms with Gasteiger partial charge in [0.2, 0.25) is 0 Å². The Bertz CT molecular complexity index is 952. The van der Waals surface area contributed by atoms with Crippen molar-refractivity contribution < 1.29 is 14.1 Å². The number of fused-ring (bicyclic) bond motifs is 1. The Balaban J connectivity index is 1.99. The second kappa shape index (κ2) is 7.26. The van der Waals surface area contributed by atoms with Gasteiger partial charge in [-0.25, -0.2) is 4.98 Å². The lowest BCUT2D eigenvalue weighted by Gasteiger charge is -2.32. The Kier molecular flexibility index (Phi) is 5.34. The predicted molar refractivity (Wildman–Crippen MR) is 110 cm³/mol. The number of benzene rings is 1. The number of aromatic amines is 1. The fourth-order valence-electron chi connectivity index (χ4n) is 2.75. The molecule has 0 aliphatic carbocycles. The van der Waals surface area contributed by atoms with Gasteiger partial charge in [-0.15, -0.1) is 0 Å². The zero-order valence-corrected chi connectivity index (χ0v) is 17.0. The molecule has 0 amide bonds. The highest BCUT2D eigenvalue weighted by Crippen LogP contribution is 2.39. The van der Waals surface area contributed by atoms with E-state index in [1.165, 1.54) is 25.0 Å². The van der Waals surface area contributed by atoms with Crippen LogP contribution in [0.15, 0.2) is 34.8 Å². The molecule has 0 unspecified atom stereocenters. The summed E-state index contributed by atoms with van der Waals surface area (Å²) in [7, 11) is -0.551. The van der Waals surface area contributed by atoms with Crippen LogP contribution in [0.4, 0.5) is 0 Å². The smallest absolute Gasteiger partial charge is 0.400 e. The monoisotopic (exact) mass is 386 g/mol. The van der Waals surface area contributed by atoms with Gasteiger partial charge in [-0.3, -0.25) is 9.59 Å². The summed E-state index contributed by atoms with van der Waals surface area (Å²) in [5.74, 6) is 0.452. The zero-order chi connectivity index (χ0) is 19.8. The molecule has 1 aliphatic heterocycles. The predicted octanol–water partition coefficient (Wildman–Crippen LogP) is 3.22. The molecule has 2 heterocycles. The number of carbonyl (C=O) groups is 1. The zero-order valence-electron chi connectivity index (χ0n) is 16.2. The molecule has 0 spiro atoms. The van der Waals surface area contributed by atoms with E-state index in [0.29, 0.717) is 16.7 Å². The Labute approximate surface area is 162 Å². The van der Waals surface area contributed by atoms with Gasteiger partial charge in [0.25, 0.3) is 5.56 Å². The van der Waals surface area contributed by atoms with E-state index < -0.39 is 18.3 Å². The molecular weight excluding hydrogens is 363 g/mol. The summed E-state index contributed by atoms with van der Waals surface area (Å²) in [5, 5.41) is 0.537. The van der Waals surface area contributed by atoms with Crippen molar-refractivity contribution in [2.75, 3.05) is 5.75 Å². The van der Waals surface area contributed by atoms with Crippen LogP contribution < -0.4 is 5.56 Å². The maximum absolute atomic E-state index is 12.0. The van der Waals surface area contributed by atoms with Crippen molar-refractivity contribution in [1.29, 1.82) is 0 Å². The van der Waals surface area contributed by atoms with Crippen LogP contribution in [0.1, 0.15) is 40.2 Å². The third kappa shape index (κ3) is 4.18. The van der Waals surface area contributed by atoms with Gasteiger partial charge < -0.3 is 14.3 Å². The molecule has 1 aromatic carbocycles. The highest BCUT2D eigenvalue weighted by molar-refractivity contribution is 8.13. The average molecular weight is 386 g/mol. The lowest BCUT2D eigenvalue weighted by Crippen LogP contribution is -2.41. The number of hydrogen-bond donors (Lipinski definition) is 1. The van der Waals surface area contributed by atoms with Crippen LogP contribution >= 0.6 is 11.8 Å². The lowest BCUT2D eigenvalue weighted by atomic mass is 9.78. The second-order valence-corrected chi connectivity index (χ2v) is 8.75. The Morgan fingerprint density at radius 3 is 2.56 bits per heavy atom. The highest BCUT2D eigenvalue weighted by atomic mass is 32.2. The molecule has 0 radical (unpaired) electrons. The molecule has 6 nitrogen and oxygen atoms in total. The quantitative estimate of drug-likeness (QED) is 0.813. The van der Waals surface area contributed by atoms with Crippen molar-refractivity contribution in [3.8, 4) is 0 Å². The van der Waals surface area contributed by atoms with Crippen molar-refractivity contribution >= 4 is 41.0 Å². The molecular formula is C19H23BN2O4S. The molecule has 2 aromatic rings. The van der Waals surface area contributed by atoms with Gasteiger partial charge in [-0.05, 0) is 50.9 Å². The first-order valence-electron chi connectivity index (χ1n) is 8.76. The summed E-state index contributed by atoms with van der Waals surface area (Å²) < 4.78 is 12.3. The number of thioether (sulfide) groups is 1. The first-order chi connectivity index (χ1) is 12.6. The molecule has 0 saturated carbocycles. The number of nitrogens with one attached hydrogen (secondary N) is 1. The van der Waals surface area contributed by atoms with E-state index >= 15 is 0 Å². The van der Waals surface area contributed by atoms with Crippen molar-refractivity contribution in [1.82, 2.24) is 9.97 Å². The van der Waals surface area contributed by atoms with Crippen molar-refractivity contribution in [2.45, 2.75) is 45.8 Å². The summed E-state index contributed by atoms with van der Waals surface area (Å²) in [5.41, 5.74) is 1.17. The number of H-pyrrole nitrogens is 1. The number of rotatable bonds is 4. The molecule has 27 heavy (non-hydrogen) atoms. The van der Waals surface area contributed by atoms with Crippen LogP contribution in [-0.2, 0) is 14.1 Å². The van der Waals surface area contributed by atoms with Gasteiger partial charge in [-0.2, -0.15) is 0 Å². The SMILES string of the molecule is CC(=O)SCC(=Cc1ccc2nc[nH]c(=O)c2c1)B1OC(C)(C)C(C)(C)O1. The maximum Gasteiger partial charge on any atom is 0.491 e. The van der Waals surface area contributed by atoms with E-state index in [4.69, 9.17) is 9.31 Å². The highest BCUT2D eigenvalue weighted by Gasteiger charge is 2.52. The first kappa shape index (κ1) is 19.9. The summed E-state index contributed by atoms with van der Waals surface area (Å²) in [6.07, 6.45) is 3.31. The summed E-state index contributed by atoms with van der Waals surface area (Å²) >= 11 is 1.21. The van der Waals surface area contributed by atoms with Crippen molar-refractivity contribution in [3.05, 3.63) is 45.9 Å². The average Bonchev–Trinajstić information content (AvgIpc) is 2.79. The minimum absolute atomic E-state index is 0.0246. The standard InChI is InChI=1S/C19H23BN2O4S/c1-12(23)27-10-14(20-25-18(2,3)19(4,5)26-20)8-13-6-7-16-15(9-13)17(24)22-11-21-16/h6-9,11H,10H2,1-5H3,(H,21,22,24). The molecule has 3 rings (SSSR count). The van der Waals surface area contributed by atoms with Crippen molar-refractivity contribution in [3.63, 3.8) is 0 Å². The summed E-state index contributed by atoms with van der Waals surface area (Å²) in [6, 6.07) is 5.47. The molecule has 1 saturated heterocycles. The minimum atomic E-state index is -0.551. The Hall–Kier alpha value is -1.90. The Morgan fingerprint density at radius 2 is 1.93 bits per heavy atom. The molecule has 1 aromatic heterocycles. The van der Waals surface area contributed by atoms with E-state index in [0.717, 1.165) is 11.0 Å². The maximum atomic E-state index is 12.0. The molecule has 8 heteroatoms. The molecule has 1 fully saturated rings. The third-order valence-electron chi connectivity index (χ3n) is 5.01. The minimum Gasteiger partial charge on any atom is -0.400 e. The van der Waals surface area contributed by atoms with E-state index in [2.05, 4.69) is 9.97 Å². The molecule has 1 aliphatic rings. The summed E-state index contributed by atoms with van der Waals surface area (Å²) in [6.45, 7) is 9.50. The fraction of sp³-hybridized carbons (Fsp3) is 0.421. The fourth-order valence-corrected chi connectivity index (χ4v) is 3.34. The van der Waals surface area contributed by atoms with Gasteiger partial charge in [-0.1, -0.05) is 23.9 Å². The second-order valence-electron chi connectivity index (χ2n) is 7.60. The molecule has 0 bridgehead atoms. The molecule has 142 valence electrons. The molecule has 1 N–H and O–H groups in total. The first-order valence-corrected chi connectivity index (χ1v) is 9.74. The number of nitrogens with zero attached hydrogens (tertiary/aromatic N) is 1. The number of carbonyl (C=O) groups excluding carboxylic acids is 1. The van der Waals surface area contributed by atoms with E-state index in [1.54, 1.807) is 12.1 Å². The van der Waals surface area contributed by atoms with Gasteiger partial charge in [0.05, 0.1) is 28.4 Å². The van der Waals surface area contributed by atoms with Gasteiger partial charge in [0, 0.05) is 12.7 Å². The van der Waals surface area contributed by atoms with E-state index in [-0.39, 0.29) is 10.7 Å². The number of hydrogen-bond acceptors (Lipinski definition) is 6. The van der Waals surface area contributed by atoms with Crippen LogP contribution in [0.2, 0.25) is 0 Å². The van der Waals surface area contributed by atoms with Crippen LogP contribution in [0.3, 0.4) is 0 Å².